The van der Waals surface area contributed by atoms with Gasteiger partial charge in [-0.1, -0.05) is 17.7 Å². The number of hydrogen-bond donors (Lipinski definition) is 1. The molecule has 7 heteroatoms. The number of nitrogens with one attached hydrogen (secondary N) is 1. The number of anilines is 1. The molecule has 0 bridgehead atoms. The summed E-state index contributed by atoms with van der Waals surface area (Å²) >= 11 is 6.27. The summed E-state index contributed by atoms with van der Waals surface area (Å²) < 4.78 is 16.1. The van der Waals surface area contributed by atoms with Crippen molar-refractivity contribution in [3.8, 4) is 11.5 Å². The molecule has 0 unspecified atom stereocenters. The van der Waals surface area contributed by atoms with Crippen molar-refractivity contribution in [1.29, 1.82) is 0 Å². The van der Waals surface area contributed by atoms with Gasteiger partial charge in [0.1, 0.15) is 5.82 Å². The third-order valence-electron chi connectivity index (χ3n) is 4.32. The molecule has 3 rings (SSSR count). The van der Waals surface area contributed by atoms with Crippen LogP contribution in [0.3, 0.4) is 0 Å². The maximum Gasteiger partial charge on any atom is 0.179 e. The third-order valence-corrected chi connectivity index (χ3v) is 4.60. The van der Waals surface area contributed by atoms with Crippen LogP contribution >= 0.6 is 11.6 Å². The van der Waals surface area contributed by atoms with E-state index in [1.54, 1.807) is 14.2 Å². The van der Waals surface area contributed by atoms with Crippen LogP contribution in [0.25, 0.3) is 0 Å². The molecule has 2 aromatic rings. The Kier molecular flexibility index (Phi) is 6.55. The van der Waals surface area contributed by atoms with Gasteiger partial charge in [-0.3, -0.25) is 0 Å². The third kappa shape index (κ3) is 4.38. The van der Waals surface area contributed by atoms with E-state index in [-0.39, 0.29) is 0 Å². The van der Waals surface area contributed by atoms with Gasteiger partial charge in [-0.15, -0.1) is 0 Å². The Morgan fingerprint density at radius 2 is 2.00 bits per heavy atom. The summed E-state index contributed by atoms with van der Waals surface area (Å²) in [5.41, 5.74) is 2.20. The molecule has 1 aromatic carbocycles. The van der Waals surface area contributed by atoms with Gasteiger partial charge in [-0.2, -0.15) is 0 Å². The highest BCUT2D eigenvalue weighted by atomic mass is 35.5. The SMILES string of the molecule is COc1cc(CNCc2cccnc2N2CCOCC2)cc(Cl)c1OC. The molecule has 26 heavy (non-hydrogen) atoms. The van der Waals surface area contributed by atoms with Crippen molar-refractivity contribution in [2.75, 3.05) is 45.4 Å². The number of methoxy groups -OCH3 is 2. The van der Waals surface area contributed by atoms with E-state index in [4.69, 9.17) is 25.8 Å². The number of halogens is 1. The van der Waals surface area contributed by atoms with Gasteiger partial charge in [0.05, 0.1) is 32.5 Å². The molecule has 1 aromatic heterocycles. The van der Waals surface area contributed by atoms with Crippen molar-refractivity contribution in [3.63, 3.8) is 0 Å². The molecule has 1 aliphatic heterocycles. The zero-order chi connectivity index (χ0) is 18.4. The molecule has 0 amide bonds. The molecule has 0 aliphatic carbocycles. The summed E-state index contributed by atoms with van der Waals surface area (Å²) in [4.78, 5) is 6.84. The molecule has 0 radical (unpaired) electrons. The van der Waals surface area contributed by atoms with Crippen molar-refractivity contribution in [2.45, 2.75) is 13.1 Å². The minimum absolute atomic E-state index is 0.541. The number of morpholine rings is 1. The summed E-state index contributed by atoms with van der Waals surface area (Å²) in [6.07, 6.45) is 1.84. The summed E-state index contributed by atoms with van der Waals surface area (Å²) in [6, 6.07) is 7.90. The first kappa shape index (κ1) is 18.8. The van der Waals surface area contributed by atoms with Crippen LogP contribution in [0, 0.1) is 0 Å². The Hall–Kier alpha value is -2.02. The fourth-order valence-electron chi connectivity index (χ4n) is 3.04. The second kappa shape index (κ2) is 9.07. The van der Waals surface area contributed by atoms with Crippen LogP contribution in [-0.4, -0.2) is 45.5 Å². The summed E-state index contributed by atoms with van der Waals surface area (Å²) in [5.74, 6) is 2.21. The van der Waals surface area contributed by atoms with E-state index < -0.39 is 0 Å². The smallest absolute Gasteiger partial charge is 0.179 e. The normalized spacial score (nSPS) is 14.3. The zero-order valence-electron chi connectivity index (χ0n) is 15.1. The minimum atomic E-state index is 0.541. The van der Waals surface area contributed by atoms with Crippen molar-refractivity contribution in [2.24, 2.45) is 0 Å². The van der Waals surface area contributed by atoms with Crippen LogP contribution in [-0.2, 0) is 17.8 Å². The lowest BCUT2D eigenvalue weighted by atomic mass is 10.2. The molecule has 0 saturated carbocycles. The van der Waals surface area contributed by atoms with Gasteiger partial charge in [-0.25, -0.2) is 4.98 Å². The van der Waals surface area contributed by atoms with Gasteiger partial charge in [0.2, 0.25) is 0 Å². The first-order valence-electron chi connectivity index (χ1n) is 8.60. The average Bonchev–Trinajstić information content (AvgIpc) is 2.68. The van der Waals surface area contributed by atoms with E-state index in [1.807, 2.05) is 24.4 Å². The topological polar surface area (TPSA) is 55.9 Å². The van der Waals surface area contributed by atoms with Crippen LogP contribution in [0.4, 0.5) is 5.82 Å². The molecule has 2 heterocycles. The number of pyridine rings is 1. The average molecular weight is 378 g/mol. The Morgan fingerprint density at radius 1 is 1.19 bits per heavy atom. The fraction of sp³-hybridized carbons (Fsp3) is 0.421. The minimum Gasteiger partial charge on any atom is -0.493 e. The van der Waals surface area contributed by atoms with Crippen LogP contribution in [0.2, 0.25) is 5.02 Å². The molecule has 0 atom stereocenters. The summed E-state index contributed by atoms with van der Waals surface area (Å²) in [7, 11) is 3.19. The largest absolute Gasteiger partial charge is 0.493 e. The van der Waals surface area contributed by atoms with Crippen molar-refractivity contribution >= 4 is 17.4 Å². The maximum atomic E-state index is 6.27. The number of hydrogen-bond acceptors (Lipinski definition) is 6. The van der Waals surface area contributed by atoms with Gasteiger partial charge in [0.25, 0.3) is 0 Å². The van der Waals surface area contributed by atoms with E-state index in [2.05, 4.69) is 21.3 Å². The number of aromatic nitrogens is 1. The van der Waals surface area contributed by atoms with E-state index in [9.17, 15) is 0 Å². The first-order valence-corrected chi connectivity index (χ1v) is 8.98. The van der Waals surface area contributed by atoms with Crippen LogP contribution < -0.4 is 19.7 Å². The lowest BCUT2D eigenvalue weighted by Crippen LogP contribution is -2.37. The first-order chi connectivity index (χ1) is 12.7. The van der Waals surface area contributed by atoms with Gasteiger partial charge >= 0.3 is 0 Å². The van der Waals surface area contributed by atoms with E-state index in [0.717, 1.165) is 37.7 Å². The number of ether oxygens (including phenoxy) is 3. The highest BCUT2D eigenvalue weighted by Gasteiger charge is 2.16. The van der Waals surface area contributed by atoms with Gasteiger partial charge in [-0.05, 0) is 23.8 Å². The lowest BCUT2D eigenvalue weighted by Gasteiger charge is -2.29. The van der Waals surface area contributed by atoms with Gasteiger partial charge in [0, 0.05) is 37.9 Å². The van der Waals surface area contributed by atoms with Gasteiger partial charge in [0.15, 0.2) is 11.5 Å². The van der Waals surface area contributed by atoms with Crippen LogP contribution in [0.1, 0.15) is 11.1 Å². The van der Waals surface area contributed by atoms with Gasteiger partial charge < -0.3 is 24.4 Å². The number of rotatable bonds is 7. The summed E-state index contributed by atoms with van der Waals surface area (Å²) in [5, 5.41) is 4.00. The standard InChI is InChI=1S/C19H24ClN3O3/c1-24-17-11-14(10-16(20)18(17)25-2)12-21-13-15-4-3-5-22-19(15)23-6-8-26-9-7-23/h3-5,10-11,21H,6-9,12-13H2,1-2H3. The Morgan fingerprint density at radius 3 is 2.73 bits per heavy atom. The Labute approximate surface area is 159 Å². The Balaban J connectivity index is 1.66. The van der Waals surface area contributed by atoms with Crippen molar-refractivity contribution in [3.05, 3.63) is 46.6 Å². The fourth-order valence-corrected chi connectivity index (χ4v) is 3.35. The zero-order valence-corrected chi connectivity index (χ0v) is 15.9. The predicted molar refractivity (Wildman–Crippen MR) is 102 cm³/mol. The lowest BCUT2D eigenvalue weighted by molar-refractivity contribution is 0.122. The monoisotopic (exact) mass is 377 g/mol. The molecule has 6 nitrogen and oxygen atoms in total. The maximum absolute atomic E-state index is 6.27. The molecular formula is C19H24ClN3O3. The quantitative estimate of drug-likeness (QED) is 0.800. The number of nitrogens with zero attached hydrogens (tertiary/aromatic N) is 2. The Bertz CT molecular complexity index is 736. The van der Waals surface area contributed by atoms with E-state index in [0.29, 0.717) is 29.6 Å². The highest BCUT2D eigenvalue weighted by Crippen LogP contribution is 2.36. The van der Waals surface area contributed by atoms with Crippen LogP contribution in [0.15, 0.2) is 30.5 Å². The second-order valence-electron chi connectivity index (χ2n) is 6.00. The van der Waals surface area contributed by atoms with Crippen molar-refractivity contribution in [1.82, 2.24) is 10.3 Å². The van der Waals surface area contributed by atoms with Crippen molar-refractivity contribution < 1.29 is 14.2 Å². The summed E-state index contributed by atoms with van der Waals surface area (Å²) in [6.45, 7) is 4.61. The van der Waals surface area contributed by atoms with E-state index >= 15 is 0 Å². The molecular weight excluding hydrogens is 354 g/mol. The van der Waals surface area contributed by atoms with E-state index in [1.165, 1.54) is 5.56 Å². The molecule has 140 valence electrons. The molecule has 1 fully saturated rings. The molecule has 0 spiro atoms. The molecule has 1 N–H and O–H groups in total. The van der Waals surface area contributed by atoms with Crippen LogP contribution in [0.5, 0.6) is 11.5 Å². The number of benzene rings is 1. The molecule has 1 saturated heterocycles. The highest BCUT2D eigenvalue weighted by molar-refractivity contribution is 6.32. The molecule has 1 aliphatic rings. The predicted octanol–water partition coefficient (Wildman–Crippen LogP) is 2.88. The second-order valence-corrected chi connectivity index (χ2v) is 6.41.